The molecule has 0 saturated carbocycles. The van der Waals surface area contributed by atoms with Crippen molar-refractivity contribution in [1.29, 1.82) is 0 Å². The van der Waals surface area contributed by atoms with E-state index in [1.165, 1.54) is 18.2 Å². The van der Waals surface area contributed by atoms with Crippen LogP contribution in [0.4, 0.5) is 4.39 Å². The number of para-hydroxylation sites is 1. The predicted octanol–water partition coefficient (Wildman–Crippen LogP) is 3.60. The molecule has 0 bridgehead atoms. The van der Waals surface area contributed by atoms with Gasteiger partial charge in [0.05, 0.1) is 17.1 Å². The Bertz CT molecular complexity index is 745. The minimum Gasteiger partial charge on any atom is -0.481 e. The number of carbonyl (C=O) groups is 1. The summed E-state index contributed by atoms with van der Waals surface area (Å²) in [5, 5.41) is 2.57. The Morgan fingerprint density at radius 2 is 2.00 bits per heavy atom. The highest BCUT2D eigenvalue weighted by atomic mass is 35.5. The minimum absolute atomic E-state index is 0.0679. The molecule has 2 rings (SSSR count). The molecule has 2 aromatic carbocycles. The summed E-state index contributed by atoms with van der Waals surface area (Å²) in [6.45, 7) is 2.24. The van der Waals surface area contributed by atoms with Gasteiger partial charge < -0.3 is 10.1 Å². The molecule has 0 aliphatic heterocycles. The molecule has 0 heterocycles. The largest absolute Gasteiger partial charge is 0.481 e. The fourth-order valence-electron chi connectivity index (χ4n) is 1.87. The molecule has 1 N–H and O–H groups in total. The van der Waals surface area contributed by atoms with Crippen molar-refractivity contribution in [3.63, 3.8) is 0 Å². The Morgan fingerprint density at radius 1 is 1.22 bits per heavy atom. The van der Waals surface area contributed by atoms with Gasteiger partial charge in [-0.05, 0) is 30.7 Å². The lowest BCUT2D eigenvalue weighted by Gasteiger charge is -2.05. The maximum atomic E-state index is 13.6. The third-order valence-corrected chi connectivity index (χ3v) is 3.36. The number of hydrogen-bond donors (Lipinski definition) is 1. The molecule has 0 spiro atoms. The summed E-state index contributed by atoms with van der Waals surface area (Å²) in [5.41, 5.74) is 0.851. The van der Waals surface area contributed by atoms with Gasteiger partial charge in [-0.25, -0.2) is 4.39 Å². The molecule has 0 unspecified atom stereocenters. The van der Waals surface area contributed by atoms with E-state index in [1.807, 2.05) is 31.2 Å². The van der Waals surface area contributed by atoms with E-state index in [1.54, 1.807) is 0 Å². The first-order chi connectivity index (χ1) is 11.1. The van der Waals surface area contributed by atoms with E-state index in [4.69, 9.17) is 16.3 Å². The Morgan fingerprint density at radius 3 is 2.74 bits per heavy atom. The summed E-state index contributed by atoms with van der Waals surface area (Å²) in [5.74, 6) is 5.04. The summed E-state index contributed by atoms with van der Waals surface area (Å²) in [6.07, 6.45) is 0. The van der Waals surface area contributed by atoms with E-state index in [9.17, 15) is 9.18 Å². The normalized spacial score (nSPS) is 9.70. The smallest absolute Gasteiger partial charge is 0.256 e. The molecule has 0 aliphatic rings. The first-order valence-corrected chi connectivity index (χ1v) is 7.33. The molecule has 5 heteroatoms. The number of halogens is 2. The second-order valence-corrected chi connectivity index (χ2v) is 5.09. The van der Waals surface area contributed by atoms with Crippen molar-refractivity contribution in [1.82, 2.24) is 5.32 Å². The number of benzene rings is 2. The highest BCUT2D eigenvalue weighted by Crippen LogP contribution is 2.18. The van der Waals surface area contributed by atoms with Gasteiger partial charge in [0, 0.05) is 0 Å². The van der Waals surface area contributed by atoms with Gasteiger partial charge in [0.1, 0.15) is 18.2 Å². The van der Waals surface area contributed by atoms with Crippen LogP contribution in [-0.4, -0.2) is 19.1 Å². The highest BCUT2D eigenvalue weighted by molar-refractivity contribution is 6.33. The molecule has 2 aromatic rings. The zero-order valence-corrected chi connectivity index (χ0v) is 13.3. The zero-order chi connectivity index (χ0) is 16.7. The lowest BCUT2D eigenvalue weighted by atomic mass is 10.2. The second-order valence-electron chi connectivity index (χ2n) is 4.69. The molecular formula is C18H15ClFNO2. The number of hydrogen-bond acceptors (Lipinski definition) is 2. The molecule has 0 atom stereocenters. The maximum Gasteiger partial charge on any atom is 0.256 e. The molecule has 0 fully saturated rings. The summed E-state index contributed by atoms with van der Waals surface area (Å²) in [6, 6.07) is 11.7. The number of nitrogens with one attached hydrogen (secondary N) is 1. The molecule has 0 aromatic heterocycles. The quantitative estimate of drug-likeness (QED) is 0.869. The van der Waals surface area contributed by atoms with E-state index in [0.29, 0.717) is 0 Å². The molecule has 1 amide bonds. The van der Waals surface area contributed by atoms with Crippen LogP contribution in [0.25, 0.3) is 0 Å². The Kier molecular flexibility index (Phi) is 6.02. The fraction of sp³-hybridized carbons (Fsp3) is 0.167. The average Bonchev–Trinajstić information content (AvgIpc) is 2.52. The van der Waals surface area contributed by atoms with Crippen molar-refractivity contribution in [2.75, 3.05) is 13.2 Å². The summed E-state index contributed by atoms with van der Waals surface area (Å²) >= 11 is 5.81. The van der Waals surface area contributed by atoms with Crippen molar-refractivity contribution >= 4 is 17.5 Å². The third-order valence-electron chi connectivity index (χ3n) is 3.05. The van der Waals surface area contributed by atoms with Crippen molar-refractivity contribution in [3.8, 4) is 17.6 Å². The van der Waals surface area contributed by atoms with Crippen LogP contribution in [0.2, 0.25) is 5.02 Å². The van der Waals surface area contributed by atoms with E-state index in [2.05, 4.69) is 17.2 Å². The van der Waals surface area contributed by atoms with Crippen LogP contribution in [0, 0.1) is 24.6 Å². The van der Waals surface area contributed by atoms with Crippen LogP contribution in [0.5, 0.6) is 5.75 Å². The third kappa shape index (κ3) is 4.73. The zero-order valence-electron chi connectivity index (χ0n) is 12.5. The van der Waals surface area contributed by atoms with Gasteiger partial charge in [0.15, 0.2) is 0 Å². The first kappa shape index (κ1) is 16.9. The summed E-state index contributed by atoms with van der Waals surface area (Å²) < 4.78 is 19.1. The number of rotatable bonds is 4. The van der Waals surface area contributed by atoms with Gasteiger partial charge in [0.2, 0.25) is 0 Å². The molecule has 118 valence electrons. The fourth-order valence-corrected chi connectivity index (χ4v) is 2.12. The van der Waals surface area contributed by atoms with E-state index < -0.39 is 11.7 Å². The number of aryl methyl sites for hydroxylation is 1. The van der Waals surface area contributed by atoms with Crippen LogP contribution in [0.15, 0.2) is 42.5 Å². The first-order valence-electron chi connectivity index (χ1n) is 6.96. The number of carbonyl (C=O) groups excluding carboxylic acids is 1. The lowest BCUT2D eigenvalue weighted by molar-refractivity contribution is 0.0955. The molecule has 0 saturated heterocycles. The molecule has 3 nitrogen and oxygen atoms in total. The van der Waals surface area contributed by atoms with Crippen molar-refractivity contribution < 1.29 is 13.9 Å². The van der Waals surface area contributed by atoms with Crippen LogP contribution < -0.4 is 10.1 Å². The van der Waals surface area contributed by atoms with Crippen molar-refractivity contribution in [2.45, 2.75) is 6.92 Å². The minimum atomic E-state index is -0.661. The monoisotopic (exact) mass is 331 g/mol. The lowest BCUT2D eigenvalue weighted by Crippen LogP contribution is -2.25. The van der Waals surface area contributed by atoms with Gasteiger partial charge in [-0.3, -0.25) is 4.79 Å². The maximum absolute atomic E-state index is 13.6. The van der Waals surface area contributed by atoms with Gasteiger partial charge in [-0.2, -0.15) is 0 Å². The summed E-state index contributed by atoms with van der Waals surface area (Å²) in [4.78, 5) is 11.9. The number of ether oxygens (including phenoxy) is 1. The topological polar surface area (TPSA) is 38.3 Å². The van der Waals surface area contributed by atoms with Crippen molar-refractivity contribution in [2.24, 2.45) is 0 Å². The average molecular weight is 332 g/mol. The van der Waals surface area contributed by atoms with E-state index in [0.717, 1.165) is 11.3 Å². The van der Waals surface area contributed by atoms with E-state index >= 15 is 0 Å². The van der Waals surface area contributed by atoms with Crippen molar-refractivity contribution in [3.05, 3.63) is 64.4 Å². The van der Waals surface area contributed by atoms with Gasteiger partial charge in [-0.15, -0.1) is 0 Å². The molecule has 0 aliphatic carbocycles. The Labute approximate surface area is 139 Å². The second kappa shape index (κ2) is 8.21. The summed E-state index contributed by atoms with van der Waals surface area (Å²) in [7, 11) is 0. The van der Waals surface area contributed by atoms with Gasteiger partial charge >= 0.3 is 0 Å². The predicted molar refractivity (Wildman–Crippen MR) is 88.2 cm³/mol. The Hall–Kier alpha value is -2.51. The molecular weight excluding hydrogens is 317 g/mol. The van der Waals surface area contributed by atoms with Gasteiger partial charge in [0.25, 0.3) is 5.91 Å². The highest BCUT2D eigenvalue weighted by Gasteiger charge is 2.14. The van der Waals surface area contributed by atoms with Crippen LogP contribution in [0.1, 0.15) is 15.9 Å². The standard InChI is InChI=1S/C18H15ClFNO2/c1-13-7-2-3-10-16(13)23-12-5-4-11-21-18(22)17-14(19)8-6-9-15(17)20/h2-3,6-10H,11-12H2,1H3,(H,21,22). The molecule has 23 heavy (non-hydrogen) atoms. The van der Waals surface area contributed by atoms with Crippen LogP contribution >= 0.6 is 11.6 Å². The van der Waals surface area contributed by atoms with Crippen LogP contribution in [0.3, 0.4) is 0 Å². The van der Waals surface area contributed by atoms with Gasteiger partial charge in [-0.1, -0.05) is 47.7 Å². The SMILES string of the molecule is Cc1ccccc1OCC#CCNC(=O)c1c(F)cccc1Cl. The Balaban J connectivity index is 1.82. The van der Waals surface area contributed by atoms with E-state index in [-0.39, 0.29) is 23.7 Å². The number of amides is 1. The van der Waals surface area contributed by atoms with Crippen LogP contribution in [-0.2, 0) is 0 Å². The molecule has 0 radical (unpaired) electrons.